The van der Waals surface area contributed by atoms with Gasteiger partial charge in [-0.15, -0.1) is 0 Å². The van der Waals surface area contributed by atoms with Gasteiger partial charge in [0.2, 0.25) is 0 Å². The van der Waals surface area contributed by atoms with Crippen molar-refractivity contribution in [1.29, 1.82) is 0 Å². The predicted octanol–water partition coefficient (Wildman–Crippen LogP) is 4.81. The van der Waals surface area contributed by atoms with Crippen molar-refractivity contribution in [3.63, 3.8) is 0 Å². The second-order valence-electron chi connectivity index (χ2n) is 5.87. The summed E-state index contributed by atoms with van der Waals surface area (Å²) in [4.78, 5) is 11.9. The molecule has 0 spiro atoms. The van der Waals surface area contributed by atoms with Crippen LogP contribution in [0.4, 0.5) is 0 Å². The topological polar surface area (TPSA) is 26.3 Å². The Bertz CT molecular complexity index is 617. The second-order valence-corrected chi connectivity index (χ2v) is 5.87. The van der Waals surface area contributed by atoms with Gasteiger partial charge in [0, 0.05) is 0 Å². The zero-order valence-electron chi connectivity index (χ0n) is 12.7. The average Bonchev–Trinajstić information content (AvgIpc) is 2.45. The van der Waals surface area contributed by atoms with Crippen LogP contribution in [0.25, 0.3) is 12.2 Å². The predicted molar refractivity (Wildman–Crippen MR) is 87.0 cm³/mol. The van der Waals surface area contributed by atoms with E-state index in [0.29, 0.717) is 5.56 Å². The Kier molecular flexibility index (Phi) is 4.59. The van der Waals surface area contributed by atoms with E-state index in [2.05, 4.69) is 0 Å². The van der Waals surface area contributed by atoms with Crippen LogP contribution in [-0.2, 0) is 4.74 Å². The molecule has 108 valence electrons. The standard InChI is InChI=1S/C19H20O2/c1-19(2,3)21-18(20)17-13-11-16(12-14-17)10-9-15-7-5-4-6-8-15/h4-14H,1-3H3. The van der Waals surface area contributed by atoms with E-state index in [1.165, 1.54) is 0 Å². The molecule has 0 bridgehead atoms. The zero-order chi connectivity index (χ0) is 15.3. The van der Waals surface area contributed by atoms with Crippen molar-refractivity contribution >= 4 is 18.1 Å². The molecule has 2 nitrogen and oxygen atoms in total. The monoisotopic (exact) mass is 280 g/mol. The summed E-state index contributed by atoms with van der Waals surface area (Å²) >= 11 is 0. The molecule has 0 fully saturated rings. The van der Waals surface area contributed by atoms with Gasteiger partial charge in [0.05, 0.1) is 5.56 Å². The first-order chi connectivity index (χ1) is 9.94. The molecule has 2 aromatic carbocycles. The molecular formula is C19H20O2. The molecular weight excluding hydrogens is 260 g/mol. The van der Waals surface area contributed by atoms with Crippen LogP contribution < -0.4 is 0 Å². The smallest absolute Gasteiger partial charge is 0.338 e. The molecule has 2 rings (SSSR count). The van der Waals surface area contributed by atoms with E-state index >= 15 is 0 Å². The average molecular weight is 280 g/mol. The van der Waals surface area contributed by atoms with Gasteiger partial charge in [0.25, 0.3) is 0 Å². The van der Waals surface area contributed by atoms with Crippen LogP contribution in [0.1, 0.15) is 42.3 Å². The number of esters is 1. The van der Waals surface area contributed by atoms with Crippen molar-refractivity contribution < 1.29 is 9.53 Å². The van der Waals surface area contributed by atoms with Crippen LogP contribution in [0.2, 0.25) is 0 Å². The van der Waals surface area contributed by atoms with E-state index in [9.17, 15) is 4.79 Å². The van der Waals surface area contributed by atoms with Gasteiger partial charge in [-0.2, -0.15) is 0 Å². The number of ether oxygens (including phenoxy) is 1. The highest BCUT2D eigenvalue weighted by Crippen LogP contribution is 2.14. The van der Waals surface area contributed by atoms with Gasteiger partial charge in [-0.1, -0.05) is 54.6 Å². The first-order valence-electron chi connectivity index (χ1n) is 7.01. The number of carbonyl (C=O) groups excluding carboxylic acids is 1. The van der Waals surface area contributed by atoms with Crippen molar-refractivity contribution in [2.45, 2.75) is 26.4 Å². The Morgan fingerprint density at radius 2 is 1.38 bits per heavy atom. The highest BCUT2D eigenvalue weighted by Gasteiger charge is 2.17. The van der Waals surface area contributed by atoms with E-state index in [1.807, 2.05) is 75.4 Å². The third-order valence-corrected chi connectivity index (χ3v) is 2.81. The summed E-state index contributed by atoms with van der Waals surface area (Å²) in [6.07, 6.45) is 4.07. The fourth-order valence-corrected chi connectivity index (χ4v) is 1.82. The van der Waals surface area contributed by atoms with Gasteiger partial charge in [0.1, 0.15) is 5.60 Å². The number of hydrogen-bond donors (Lipinski definition) is 0. The molecule has 0 N–H and O–H groups in total. The van der Waals surface area contributed by atoms with Gasteiger partial charge in [-0.25, -0.2) is 4.79 Å². The van der Waals surface area contributed by atoms with Gasteiger partial charge < -0.3 is 4.74 Å². The van der Waals surface area contributed by atoms with Gasteiger partial charge in [-0.3, -0.25) is 0 Å². The summed E-state index contributed by atoms with van der Waals surface area (Å²) in [7, 11) is 0. The van der Waals surface area contributed by atoms with Crippen molar-refractivity contribution in [3.05, 3.63) is 71.3 Å². The maximum absolute atomic E-state index is 11.9. The Morgan fingerprint density at radius 1 is 0.857 bits per heavy atom. The summed E-state index contributed by atoms with van der Waals surface area (Å²) in [6, 6.07) is 17.5. The number of hydrogen-bond acceptors (Lipinski definition) is 2. The molecule has 21 heavy (non-hydrogen) atoms. The van der Waals surface area contributed by atoms with E-state index in [0.717, 1.165) is 11.1 Å². The van der Waals surface area contributed by atoms with Gasteiger partial charge in [0.15, 0.2) is 0 Å². The van der Waals surface area contributed by atoms with E-state index in [4.69, 9.17) is 4.74 Å². The molecule has 0 aliphatic carbocycles. The number of rotatable bonds is 3. The van der Waals surface area contributed by atoms with Crippen LogP contribution in [0.5, 0.6) is 0 Å². The minimum atomic E-state index is -0.469. The minimum absolute atomic E-state index is 0.291. The summed E-state index contributed by atoms with van der Waals surface area (Å²) in [5.74, 6) is -0.291. The Labute approximate surface area is 126 Å². The molecule has 0 aliphatic heterocycles. The summed E-state index contributed by atoms with van der Waals surface area (Å²) in [6.45, 7) is 5.59. The molecule has 0 amide bonds. The molecule has 0 aromatic heterocycles. The fraction of sp³-hybridized carbons (Fsp3) is 0.211. The van der Waals surface area contributed by atoms with Crippen LogP contribution >= 0.6 is 0 Å². The Hall–Kier alpha value is -2.35. The largest absolute Gasteiger partial charge is 0.456 e. The quantitative estimate of drug-likeness (QED) is 0.595. The lowest BCUT2D eigenvalue weighted by molar-refractivity contribution is 0.00695. The highest BCUT2D eigenvalue weighted by molar-refractivity contribution is 5.90. The second kappa shape index (κ2) is 6.40. The molecule has 0 atom stereocenters. The van der Waals surface area contributed by atoms with Crippen LogP contribution in [-0.4, -0.2) is 11.6 Å². The van der Waals surface area contributed by atoms with Crippen molar-refractivity contribution in [2.75, 3.05) is 0 Å². The molecule has 0 radical (unpaired) electrons. The molecule has 2 heteroatoms. The highest BCUT2D eigenvalue weighted by atomic mass is 16.6. The summed E-state index contributed by atoms with van der Waals surface area (Å²) in [5, 5.41) is 0. The van der Waals surface area contributed by atoms with E-state index in [1.54, 1.807) is 12.1 Å². The van der Waals surface area contributed by atoms with Crippen molar-refractivity contribution in [3.8, 4) is 0 Å². The molecule has 0 unspecified atom stereocenters. The van der Waals surface area contributed by atoms with Crippen molar-refractivity contribution in [2.24, 2.45) is 0 Å². The van der Waals surface area contributed by atoms with Crippen molar-refractivity contribution in [1.82, 2.24) is 0 Å². The van der Waals surface area contributed by atoms with E-state index < -0.39 is 5.60 Å². The minimum Gasteiger partial charge on any atom is -0.456 e. The van der Waals surface area contributed by atoms with Gasteiger partial charge in [-0.05, 0) is 44.0 Å². The molecule has 0 aliphatic rings. The SMILES string of the molecule is CC(C)(C)OC(=O)c1ccc(C=Cc2ccccc2)cc1. The first kappa shape index (κ1) is 15.0. The van der Waals surface area contributed by atoms with Crippen LogP contribution in [0, 0.1) is 0 Å². The lowest BCUT2D eigenvalue weighted by Gasteiger charge is -2.19. The Balaban J connectivity index is 2.06. The lowest BCUT2D eigenvalue weighted by atomic mass is 10.1. The first-order valence-corrected chi connectivity index (χ1v) is 7.01. The fourth-order valence-electron chi connectivity index (χ4n) is 1.82. The van der Waals surface area contributed by atoms with E-state index in [-0.39, 0.29) is 5.97 Å². The number of benzene rings is 2. The third kappa shape index (κ3) is 4.92. The molecule has 0 saturated heterocycles. The lowest BCUT2D eigenvalue weighted by Crippen LogP contribution is -2.23. The van der Waals surface area contributed by atoms with Crippen LogP contribution in [0.15, 0.2) is 54.6 Å². The molecule has 2 aromatic rings. The molecule has 0 saturated carbocycles. The van der Waals surface area contributed by atoms with Crippen LogP contribution in [0.3, 0.4) is 0 Å². The van der Waals surface area contributed by atoms with Gasteiger partial charge >= 0.3 is 5.97 Å². The maximum atomic E-state index is 11.9. The summed E-state index contributed by atoms with van der Waals surface area (Å²) in [5.41, 5.74) is 2.30. The molecule has 0 heterocycles. The zero-order valence-corrected chi connectivity index (χ0v) is 12.7. The number of carbonyl (C=O) groups is 1. The Morgan fingerprint density at radius 3 is 1.90 bits per heavy atom. The third-order valence-electron chi connectivity index (χ3n) is 2.81. The summed E-state index contributed by atoms with van der Waals surface area (Å²) < 4.78 is 5.34. The normalized spacial score (nSPS) is 11.6. The maximum Gasteiger partial charge on any atom is 0.338 e.